The maximum absolute atomic E-state index is 11.1. The largest absolute Gasteiger partial charge is 0.505 e. The first-order valence-corrected chi connectivity index (χ1v) is 18.1. The number of nitrogens with one attached hydrogen (secondary N) is 2. The lowest BCUT2D eigenvalue weighted by atomic mass is 10.1. The number of para-hydroxylation sites is 2. The first-order valence-electron chi connectivity index (χ1n) is 15.7. The predicted octanol–water partition coefficient (Wildman–Crippen LogP) is 11.0. The van der Waals surface area contributed by atoms with Crippen LogP contribution in [0, 0.1) is 0 Å². The summed E-state index contributed by atoms with van der Waals surface area (Å²) >= 11 is 15.4. The van der Waals surface area contributed by atoms with Crippen molar-refractivity contribution in [1.29, 1.82) is 0 Å². The quantitative estimate of drug-likeness (QED) is 0.0667. The standard InChI is InChI=1S/2C20H16ClNO3S/c21-15-8-2-4-11-18(15)26-17-10-3-1-6-13(17)12-22-16-9-5-7-14(19(16)23)20(24)25;21-14-6-3-7-15(11-14)26-18-10-2-1-5-13(18)12-22-17-9-4-8-16(19(17)23)20(24)25/h2*1-11,22-23H,12H2,(H,24,25). The molecule has 0 amide bonds. The van der Waals surface area contributed by atoms with E-state index >= 15 is 0 Å². The number of aromatic carboxylic acids is 2. The second-order valence-corrected chi connectivity index (χ2v) is 14.1. The molecule has 264 valence electrons. The zero-order valence-electron chi connectivity index (χ0n) is 27.3. The van der Waals surface area contributed by atoms with Gasteiger partial charge in [-0.15, -0.1) is 0 Å². The number of aromatic hydroxyl groups is 2. The summed E-state index contributed by atoms with van der Waals surface area (Å²) in [4.78, 5) is 26.3. The average Bonchev–Trinajstić information content (AvgIpc) is 3.13. The minimum atomic E-state index is -1.17. The van der Waals surface area contributed by atoms with Gasteiger partial charge in [-0.25, -0.2) is 9.59 Å². The molecule has 0 saturated heterocycles. The minimum absolute atomic E-state index is 0.128. The summed E-state index contributed by atoms with van der Waals surface area (Å²) in [5, 5.41) is 46.0. The second-order valence-electron chi connectivity index (χ2n) is 11.0. The lowest BCUT2D eigenvalue weighted by Crippen LogP contribution is -2.04. The lowest BCUT2D eigenvalue weighted by molar-refractivity contribution is 0.0682. The van der Waals surface area contributed by atoms with E-state index in [1.165, 1.54) is 12.1 Å². The summed E-state index contributed by atoms with van der Waals surface area (Å²) < 4.78 is 0. The Morgan fingerprint density at radius 3 is 1.50 bits per heavy atom. The zero-order valence-corrected chi connectivity index (χ0v) is 30.4. The first-order chi connectivity index (χ1) is 25.1. The van der Waals surface area contributed by atoms with E-state index < -0.39 is 11.9 Å². The molecule has 0 aliphatic carbocycles. The molecule has 6 aromatic rings. The fourth-order valence-electron chi connectivity index (χ4n) is 4.90. The Morgan fingerprint density at radius 2 is 1.00 bits per heavy atom. The molecule has 6 rings (SSSR count). The Hall–Kier alpha value is -5.26. The number of rotatable bonds is 12. The second kappa shape index (κ2) is 18.3. The van der Waals surface area contributed by atoms with Crippen LogP contribution in [0.4, 0.5) is 11.4 Å². The number of phenols is 2. The van der Waals surface area contributed by atoms with Gasteiger partial charge in [0.15, 0.2) is 11.5 Å². The normalized spacial score (nSPS) is 10.5. The van der Waals surface area contributed by atoms with Crippen LogP contribution in [0.5, 0.6) is 11.5 Å². The molecule has 0 atom stereocenters. The van der Waals surface area contributed by atoms with E-state index in [9.17, 15) is 19.8 Å². The van der Waals surface area contributed by atoms with Gasteiger partial charge in [0, 0.05) is 37.7 Å². The Labute approximate surface area is 319 Å². The maximum atomic E-state index is 11.1. The van der Waals surface area contributed by atoms with Gasteiger partial charge in [0.05, 0.1) is 16.4 Å². The average molecular weight is 772 g/mol. The zero-order chi connectivity index (χ0) is 37.0. The summed E-state index contributed by atoms with van der Waals surface area (Å²) in [7, 11) is 0. The number of carboxylic acids is 2. The minimum Gasteiger partial charge on any atom is -0.505 e. The van der Waals surface area contributed by atoms with Crippen LogP contribution in [0.25, 0.3) is 0 Å². The summed E-state index contributed by atoms with van der Waals surface area (Å²) in [6.45, 7) is 0.880. The summed E-state index contributed by atoms with van der Waals surface area (Å²) in [5.41, 5.74) is 2.54. The highest BCUT2D eigenvalue weighted by Gasteiger charge is 2.15. The lowest BCUT2D eigenvalue weighted by Gasteiger charge is -2.13. The fraction of sp³-hybridized carbons (Fsp3) is 0.0500. The number of carboxylic acid groups (broad SMARTS) is 2. The first kappa shape index (κ1) is 38.0. The molecule has 0 aliphatic heterocycles. The maximum Gasteiger partial charge on any atom is 0.339 e. The monoisotopic (exact) mass is 770 g/mol. The van der Waals surface area contributed by atoms with Gasteiger partial charge in [0.1, 0.15) is 11.1 Å². The van der Waals surface area contributed by atoms with Crippen molar-refractivity contribution in [2.75, 3.05) is 10.6 Å². The number of halogens is 2. The molecule has 0 fully saturated rings. The van der Waals surface area contributed by atoms with E-state index in [0.717, 1.165) is 30.7 Å². The predicted molar refractivity (Wildman–Crippen MR) is 209 cm³/mol. The van der Waals surface area contributed by atoms with Crippen molar-refractivity contribution in [3.63, 3.8) is 0 Å². The smallest absolute Gasteiger partial charge is 0.339 e. The van der Waals surface area contributed by atoms with E-state index in [2.05, 4.69) is 10.6 Å². The third-order valence-corrected chi connectivity index (χ3v) is 10.5. The third kappa shape index (κ3) is 10.2. The molecule has 0 aromatic heterocycles. The molecule has 0 aliphatic rings. The van der Waals surface area contributed by atoms with Gasteiger partial charge < -0.3 is 31.1 Å². The van der Waals surface area contributed by atoms with Crippen molar-refractivity contribution >= 4 is 70.0 Å². The topological polar surface area (TPSA) is 139 Å². The van der Waals surface area contributed by atoms with Gasteiger partial charge in [-0.1, -0.05) is 113 Å². The van der Waals surface area contributed by atoms with Crippen molar-refractivity contribution < 1.29 is 30.0 Å². The van der Waals surface area contributed by atoms with E-state index in [4.69, 9.17) is 33.4 Å². The van der Waals surface area contributed by atoms with Gasteiger partial charge in [-0.2, -0.15) is 0 Å². The molecule has 6 N–H and O–H groups in total. The highest BCUT2D eigenvalue weighted by molar-refractivity contribution is 7.99. The van der Waals surface area contributed by atoms with Crippen LogP contribution in [0.3, 0.4) is 0 Å². The van der Waals surface area contributed by atoms with E-state index in [-0.39, 0.29) is 22.6 Å². The van der Waals surface area contributed by atoms with Gasteiger partial charge in [0.2, 0.25) is 0 Å². The molecular formula is C40H32Cl2N2O6S2. The van der Waals surface area contributed by atoms with Crippen molar-refractivity contribution in [2.24, 2.45) is 0 Å². The molecule has 52 heavy (non-hydrogen) atoms. The highest BCUT2D eigenvalue weighted by atomic mass is 35.5. The van der Waals surface area contributed by atoms with Crippen LogP contribution in [0.1, 0.15) is 31.8 Å². The molecule has 0 bridgehead atoms. The number of carbonyl (C=O) groups is 2. The molecule has 0 unspecified atom stereocenters. The number of benzene rings is 6. The SMILES string of the molecule is O=C(O)c1cccc(NCc2ccccc2Sc2cccc(Cl)c2)c1O.O=C(O)c1cccc(NCc2ccccc2Sc2ccccc2Cl)c1O. The molecule has 6 aromatic carbocycles. The van der Waals surface area contributed by atoms with Crippen molar-refractivity contribution in [2.45, 2.75) is 32.7 Å². The van der Waals surface area contributed by atoms with Crippen molar-refractivity contribution in [3.8, 4) is 11.5 Å². The van der Waals surface area contributed by atoms with Crippen LogP contribution < -0.4 is 10.6 Å². The van der Waals surface area contributed by atoms with E-state index in [1.807, 2.05) is 97.1 Å². The molecule has 0 saturated carbocycles. The molecule has 0 radical (unpaired) electrons. The van der Waals surface area contributed by atoms with E-state index in [0.29, 0.717) is 34.5 Å². The Kier molecular flexibility index (Phi) is 13.4. The Morgan fingerprint density at radius 1 is 0.538 bits per heavy atom. The van der Waals surface area contributed by atoms with Crippen molar-refractivity contribution in [1.82, 2.24) is 0 Å². The summed E-state index contributed by atoms with van der Waals surface area (Å²) in [5.74, 6) is -2.86. The highest BCUT2D eigenvalue weighted by Crippen LogP contribution is 2.36. The van der Waals surface area contributed by atoms with Crippen LogP contribution in [0.15, 0.2) is 153 Å². The third-order valence-electron chi connectivity index (χ3n) is 7.50. The number of hydrogen-bond acceptors (Lipinski definition) is 8. The summed E-state index contributed by atoms with van der Waals surface area (Å²) in [6, 6.07) is 40.2. The number of anilines is 2. The van der Waals surface area contributed by atoms with Gasteiger partial charge in [0.25, 0.3) is 0 Å². The molecule has 8 nitrogen and oxygen atoms in total. The summed E-state index contributed by atoms with van der Waals surface area (Å²) in [6.07, 6.45) is 0. The Bertz CT molecular complexity index is 2200. The Balaban J connectivity index is 0.000000201. The van der Waals surface area contributed by atoms with Gasteiger partial charge >= 0.3 is 11.9 Å². The molecular weight excluding hydrogens is 739 g/mol. The number of hydrogen-bond donors (Lipinski definition) is 6. The van der Waals surface area contributed by atoms with Crippen LogP contribution in [-0.2, 0) is 13.1 Å². The molecule has 12 heteroatoms. The van der Waals surface area contributed by atoms with Crippen molar-refractivity contribution in [3.05, 3.63) is 166 Å². The fourth-order valence-corrected chi connectivity index (χ4v) is 7.38. The van der Waals surface area contributed by atoms with E-state index in [1.54, 1.807) is 47.8 Å². The molecule has 0 heterocycles. The van der Waals surface area contributed by atoms with Crippen LogP contribution >= 0.6 is 46.7 Å². The van der Waals surface area contributed by atoms with Gasteiger partial charge in [-0.3, -0.25) is 0 Å². The van der Waals surface area contributed by atoms with Gasteiger partial charge in [-0.05, 0) is 77.9 Å². The van der Waals surface area contributed by atoms with Crippen LogP contribution in [-0.4, -0.2) is 32.4 Å². The molecule has 0 spiro atoms. The van der Waals surface area contributed by atoms with Crippen LogP contribution in [0.2, 0.25) is 10.0 Å².